The number of rotatable bonds is 4. The first-order valence-corrected chi connectivity index (χ1v) is 7.44. The fourth-order valence-corrected chi connectivity index (χ4v) is 2.52. The van der Waals surface area contributed by atoms with Gasteiger partial charge in [-0.3, -0.25) is 4.90 Å². The second-order valence-electron chi connectivity index (χ2n) is 5.17. The summed E-state index contributed by atoms with van der Waals surface area (Å²) < 4.78 is 0. The Kier molecular flexibility index (Phi) is 5.25. The highest BCUT2D eigenvalue weighted by atomic mass is 16.2. The number of piperidine rings is 1. The number of hydrogen-bond donors (Lipinski definition) is 0. The van der Waals surface area contributed by atoms with Crippen LogP contribution in [-0.4, -0.2) is 30.6 Å². The van der Waals surface area contributed by atoms with Gasteiger partial charge >= 0.3 is 6.03 Å². The van der Waals surface area contributed by atoms with Crippen LogP contribution in [0.2, 0.25) is 0 Å². The molecule has 3 heteroatoms. The maximum absolute atomic E-state index is 12.7. The summed E-state index contributed by atoms with van der Waals surface area (Å²) in [6.07, 6.45) is 5.69. The van der Waals surface area contributed by atoms with Crippen LogP contribution in [0.1, 0.15) is 39.0 Å². The molecule has 0 spiro atoms. The maximum atomic E-state index is 12.7. The molecule has 2 rings (SSSR count). The third-order valence-corrected chi connectivity index (χ3v) is 3.66. The molecule has 1 aliphatic rings. The average Bonchev–Trinajstić information content (AvgIpc) is 2.49. The molecule has 1 aromatic carbocycles. The minimum absolute atomic E-state index is 0.180. The number of carbonyl (C=O) groups excluding carboxylic acids is 1. The normalized spacial score (nSPS) is 15.3. The molecule has 0 saturated carbocycles. The molecule has 1 aliphatic heterocycles. The predicted molar refractivity (Wildman–Crippen MR) is 79.5 cm³/mol. The standard InChI is InChI=1S/C16H24N2O/c1-2-3-14-18(15-10-6-4-7-11-15)16(19)17-12-8-5-9-13-17/h4,6-7,10-11H,2-3,5,8-9,12-14H2,1H3. The van der Waals surface area contributed by atoms with E-state index in [1.807, 2.05) is 40.1 Å². The number of benzene rings is 1. The van der Waals surface area contributed by atoms with Crippen LogP contribution in [0.15, 0.2) is 30.3 Å². The summed E-state index contributed by atoms with van der Waals surface area (Å²) in [5.41, 5.74) is 1.02. The van der Waals surface area contributed by atoms with Gasteiger partial charge in [0.15, 0.2) is 0 Å². The minimum Gasteiger partial charge on any atom is -0.324 e. The van der Waals surface area contributed by atoms with Crippen molar-refractivity contribution in [1.29, 1.82) is 0 Å². The average molecular weight is 260 g/mol. The van der Waals surface area contributed by atoms with E-state index >= 15 is 0 Å². The van der Waals surface area contributed by atoms with Crippen LogP contribution in [0.4, 0.5) is 10.5 Å². The number of nitrogens with zero attached hydrogens (tertiary/aromatic N) is 2. The second-order valence-corrected chi connectivity index (χ2v) is 5.17. The second kappa shape index (κ2) is 7.17. The summed E-state index contributed by atoms with van der Waals surface area (Å²) in [6.45, 7) is 4.80. The van der Waals surface area contributed by atoms with Crippen molar-refractivity contribution < 1.29 is 4.79 Å². The number of likely N-dealkylation sites (tertiary alicyclic amines) is 1. The van der Waals surface area contributed by atoms with Crippen molar-refractivity contribution in [2.45, 2.75) is 39.0 Å². The highest BCUT2D eigenvalue weighted by Gasteiger charge is 2.23. The number of carbonyl (C=O) groups is 1. The number of amides is 2. The Morgan fingerprint density at radius 2 is 1.84 bits per heavy atom. The third-order valence-electron chi connectivity index (χ3n) is 3.66. The highest BCUT2D eigenvalue weighted by Crippen LogP contribution is 2.19. The lowest BCUT2D eigenvalue weighted by Gasteiger charge is -2.33. The first kappa shape index (κ1) is 13.9. The molecular weight excluding hydrogens is 236 g/mol. The van der Waals surface area contributed by atoms with Crippen molar-refractivity contribution in [2.24, 2.45) is 0 Å². The third kappa shape index (κ3) is 3.72. The van der Waals surface area contributed by atoms with Gasteiger partial charge in [0.2, 0.25) is 0 Å². The van der Waals surface area contributed by atoms with E-state index in [4.69, 9.17) is 0 Å². The molecule has 1 fully saturated rings. The van der Waals surface area contributed by atoms with Gasteiger partial charge in [-0.05, 0) is 37.8 Å². The van der Waals surface area contributed by atoms with E-state index in [2.05, 4.69) is 6.92 Å². The molecule has 1 saturated heterocycles. The zero-order valence-electron chi connectivity index (χ0n) is 11.8. The Balaban J connectivity index is 2.10. The Labute approximate surface area is 116 Å². The lowest BCUT2D eigenvalue weighted by molar-refractivity contribution is 0.193. The van der Waals surface area contributed by atoms with E-state index in [1.165, 1.54) is 6.42 Å². The maximum Gasteiger partial charge on any atom is 0.324 e. The lowest BCUT2D eigenvalue weighted by Crippen LogP contribution is -2.46. The molecule has 0 N–H and O–H groups in total. The van der Waals surface area contributed by atoms with Gasteiger partial charge in [0.05, 0.1) is 0 Å². The van der Waals surface area contributed by atoms with Crippen molar-refractivity contribution in [3.05, 3.63) is 30.3 Å². The molecule has 0 radical (unpaired) electrons. The highest BCUT2D eigenvalue weighted by molar-refractivity contribution is 5.92. The Morgan fingerprint density at radius 3 is 2.47 bits per heavy atom. The van der Waals surface area contributed by atoms with Gasteiger partial charge in [-0.2, -0.15) is 0 Å². The van der Waals surface area contributed by atoms with E-state index in [9.17, 15) is 4.79 Å². The van der Waals surface area contributed by atoms with Crippen molar-refractivity contribution >= 4 is 11.7 Å². The summed E-state index contributed by atoms with van der Waals surface area (Å²) in [4.78, 5) is 16.6. The molecule has 0 unspecified atom stereocenters. The summed E-state index contributed by atoms with van der Waals surface area (Å²) in [5, 5.41) is 0. The lowest BCUT2D eigenvalue weighted by atomic mass is 10.1. The fourth-order valence-electron chi connectivity index (χ4n) is 2.52. The molecular formula is C16H24N2O. The van der Waals surface area contributed by atoms with Crippen molar-refractivity contribution in [3.63, 3.8) is 0 Å². The van der Waals surface area contributed by atoms with Crippen molar-refractivity contribution in [3.8, 4) is 0 Å². The number of para-hydroxylation sites is 1. The molecule has 0 aromatic heterocycles. The Bertz CT molecular complexity index is 385. The van der Waals surface area contributed by atoms with Gasteiger partial charge in [0.25, 0.3) is 0 Å². The molecule has 19 heavy (non-hydrogen) atoms. The van der Waals surface area contributed by atoms with Crippen LogP contribution in [0.5, 0.6) is 0 Å². The van der Waals surface area contributed by atoms with Crippen LogP contribution < -0.4 is 4.90 Å². The Morgan fingerprint density at radius 1 is 1.16 bits per heavy atom. The van der Waals surface area contributed by atoms with Gasteiger partial charge < -0.3 is 4.90 Å². The van der Waals surface area contributed by atoms with E-state index in [-0.39, 0.29) is 6.03 Å². The molecule has 0 atom stereocenters. The molecule has 3 nitrogen and oxygen atoms in total. The molecule has 0 bridgehead atoms. The molecule has 104 valence electrons. The monoisotopic (exact) mass is 260 g/mol. The zero-order valence-corrected chi connectivity index (χ0v) is 11.8. The van der Waals surface area contributed by atoms with Crippen LogP contribution >= 0.6 is 0 Å². The van der Waals surface area contributed by atoms with E-state index < -0.39 is 0 Å². The van der Waals surface area contributed by atoms with Gasteiger partial charge in [0, 0.05) is 25.3 Å². The van der Waals surface area contributed by atoms with Crippen molar-refractivity contribution in [2.75, 3.05) is 24.5 Å². The topological polar surface area (TPSA) is 23.6 Å². The zero-order chi connectivity index (χ0) is 13.5. The van der Waals surface area contributed by atoms with Crippen LogP contribution in [-0.2, 0) is 0 Å². The summed E-state index contributed by atoms with van der Waals surface area (Å²) >= 11 is 0. The van der Waals surface area contributed by atoms with E-state index in [1.54, 1.807) is 0 Å². The number of unbranched alkanes of at least 4 members (excludes halogenated alkanes) is 1. The van der Waals surface area contributed by atoms with Crippen molar-refractivity contribution in [1.82, 2.24) is 4.90 Å². The van der Waals surface area contributed by atoms with Gasteiger partial charge in [-0.1, -0.05) is 31.5 Å². The minimum atomic E-state index is 0.180. The first-order chi connectivity index (χ1) is 9.33. The quantitative estimate of drug-likeness (QED) is 0.805. The number of anilines is 1. The van der Waals surface area contributed by atoms with Crippen LogP contribution in [0, 0.1) is 0 Å². The van der Waals surface area contributed by atoms with Crippen LogP contribution in [0.3, 0.4) is 0 Å². The predicted octanol–water partition coefficient (Wildman–Crippen LogP) is 3.90. The smallest absolute Gasteiger partial charge is 0.324 e. The number of urea groups is 1. The first-order valence-electron chi connectivity index (χ1n) is 7.44. The van der Waals surface area contributed by atoms with E-state index in [0.29, 0.717) is 0 Å². The molecule has 1 aromatic rings. The summed E-state index contributed by atoms with van der Waals surface area (Å²) in [5.74, 6) is 0. The molecule has 2 amide bonds. The largest absolute Gasteiger partial charge is 0.324 e. The summed E-state index contributed by atoms with van der Waals surface area (Å²) in [6, 6.07) is 10.2. The Hall–Kier alpha value is -1.51. The van der Waals surface area contributed by atoms with Gasteiger partial charge in [-0.25, -0.2) is 4.79 Å². The summed E-state index contributed by atoms with van der Waals surface area (Å²) in [7, 11) is 0. The van der Waals surface area contributed by atoms with Gasteiger partial charge in [-0.15, -0.1) is 0 Å². The fraction of sp³-hybridized carbons (Fsp3) is 0.562. The number of hydrogen-bond acceptors (Lipinski definition) is 1. The molecule has 0 aliphatic carbocycles. The van der Waals surface area contributed by atoms with Gasteiger partial charge in [0.1, 0.15) is 0 Å². The van der Waals surface area contributed by atoms with Crippen LogP contribution in [0.25, 0.3) is 0 Å². The SMILES string of the molecule is CCCCN(C(=O)N1CCCCC1)c1ccccc1. The molecule has 1 heterocycles. The van der Waals surface area contributed by atoms with E-state index in [0.717, 1.165) is 51.0 Å².